The van der Waals surface area contributed by atoms with E-state index in [9.17, 15) is 43.2 Å². The van der Waals surface area contributed by atoms with Gasteiger partial charge in [0.25, 0.3) is 0 Å². The first-order valence-corrected chi connectivity index (χ1v) is 43.8. The first-order chi connectivity index (χ1) is 50.7. The van der Waals surface area contributed by atoms with Crippen LogP contribution >= 0.6 is 15.6 Å². The Morgan fingerprint density at radius 2 is 0.500 bits per heavy atom. The molecule has 0 amide bonds. The second kappa shape index (κ2) is 76.6. The molecule has 0 aliphatic heterocycles. The molecule has 5 atom stereocenters. The van der Waals surface area contributed by atoms with Crippen LogP contribution in [0.4, 0.5) is 0 Å². The van der Waals surface area contributed by atoms with Crippen molar-refractivity contribution in [2.75, 3.05) is 39.6 Å². The van der Waals surface area contributed by atoms with Gasteiger partial charge in [0.1, 0.15) is 19.3 Å². The van der Waals surface area contributed by atoms with Gasteiger partial charge in [0.2, 0.25) is 0 Å². The predicted octanol–water partition coefficient (Wildman–Crippen LogP) is 23.9. The van der Waals surface area contributed by atoms with Crippen LogP contribution < -0.4 is 0 Å². The lowest BCUT2D eigenvalue weighted by atomic mass is 10.1. The summed E-state index contributed by atoms with van der Waals surface area (Å²) >= 11 is 0. The minimum atomic E-state index is -4.99. The van der Waals surface area contributed by atoms with Gasteiger partial charge in [-0.2, -0.15) is 0 Å². The molecule has 17 nitrogen and oxygen atoms in total. The van der Waals surface area contributed by atoms with Crippen LogP contribution in [-0.2, 0) is 65.4 Å². The number of phosphoric acid groups is 2. The van der Waals surface area contributed by atoms with Gasteiger partial charge in [-0.1, -0.05) is 271 Å². The number of hydrogen-bond donors (Lipinski definition) is 3. The first-order valence-electron chi connectivity index (χ1n) is 40.8. The lowest BCUT2D eigenvalue weighted by Crippen LogP contribution is -2.30. The summed E-state index contributed by atoms with van der Waals surface area (Å²) in [5.74, 6) is -2.24. The van der Waals surface area contributed by atoms with Gasteiger partial charge < -0.3 is 33.8 Å². The number of hydrogen-bond acceptors (Lipinski definition) is 15. The smallest absolute Gasteiger partial charge is 0.462 e. The normalized spacial score (nSPS) is 14.5. The maximum absolute atomic E-state index is 13.1. The molecule has 0 saturated carbocycles. The highest BCUT2D eigenvalue weighted by Crippen LogP contribution is 2.45. The van der Waals surface area contributed by atoms with E-state index in [4.69, 9.17) is 37.0 Å². The van der Waals surface area contributed by atoms with Gasteiger partial charge in [-0.05, 0) is 161 Å². The summed E-state index contributed by atoms with van der Waals surface area (Å²) in [5.41, 5.74) is 0. The Morgan fingerprint density at radius 3 is 0.808 bits per heavy atom. The average molecular weight is 1500 g/mol. The maximum atomic E-state index is 13.1. The van der Waals surface area contributed by atoms with Crippen LogP contribution in [0.3, 0.4) is 0 Å². The quantitative estimate of drug-likeness (QED) is 0.0169. The molecule has 0 heterocycles. The molecule has 19 heteroatoms. The Hall–Kier alpha value is -4.54. The van der Waals surface area contributed by atoms with Crippen molar-refractivity contribution in [2.45, 2.75) is 354 Å². The molecule has 0 aromatic carbocycles. The standard InChI is InChI=1S/C85H146O17P2/c1-5-9-13-17-21-25-29-33-37-38-39-40-44-46-50-54-58-62-66-70-83(88)96-76-81(102-85(90)72-68-64-60-56-52-48-43-36-32-28-24-20-16-12-8-4)78-100-104(93,94)98-74-79(86)73-97-103(91,92)99-77-80(101-84(89)71-67-63-59-55-51-47-42-35-31-27-23-19-15-11-7-3)75-95-82(87)69-65-61-57-53-49-45-41-34-30-26-22-18-14-10-6-2/h9,13,21-22,24-26,28,33-37,39-43,46,50,79-81,86H,5-8,10-12,14-20,23,27,29-32,38,44-45,47-49,51-78H2,1-4H3,(H,91,92)(H,93,94)/b13-9-,25-21-,26-22-,28-24-,37-33-,40-39-,41-34-,42-35-,43-36-,50-46-. The Balaban J connectivity index is 5.42. The van der Waals surface area contributed by atoms with Gasteiger partial charge in [-0.15, -0.1) is 0 Å². The number of aliphatic hydroxyl groups is 1. The number of phosphoric ester groups is 2. The molecule has 0 saturated heterocycles. The number of unbranched alkanes of at least 4 members (excludes halogenated alkanes) is 30. The van der Waals surface area contributed by atoms with E-state index in [1.54, 1.807) is 0 Å². The lowest BCUT2D eigenvalue weighted by Gasteiger charge is -2.21. The van der Waals surface area contributed by atoms with Crippen LogP contribution in [0.1, 0.15) is 336 Å². The van der Waals surface area contributed by atoms with Crippen LogP contribution in [0.5, 0.6) is 0 Å². The fourth-order valence-corrected chi connectivity index (χ4v) is 12.2. The SMILES string of the molecule is CC/C=C\C/C=C\C/C=C\C/C=C\C/C=C\CCCCCC(=O)OCC(COP(=O)(O)OCC(O)COP(=O)(O)OCC(COC(=O)CCCCCCC/C=C\C/C=C\CCCCC)OC(=O)CCCCCCC/C=C\CCCCCCCC)OC(=O)CCCCCCC/C=C\C/C=C\CCCCC. The van der Waals surface area contributed by atoms with Crippen LogP contribution in [0.2, 0.25) is 0 Å². The van der Waals surface area contributed by atoms with Gasteiger partial charge in [0.15, 0.2) is 12.2 Å². The number of carbonyl (C=O) groups excluding carboxylic acids is 4. The summed E-state index contributed by atoms with van der Waals surface area (Å²) in [6.45, 7) is 4.65. The highest BCUT2D eigenvalue weighted by Gasteiger charge is 2.30. The van der Waals surface area contributed by atoms with Crippen molar-refractivity contribution in [2.24, 2.45) is 0 Å². The fraction of sp³-hybridized carbons (Fsp3) is 0.718. The molecule has 0 rings (SSSR count). The number of carbonyl (C=O) groups is 4. The molecule has 0 aromatic heterocycles. The molecule has 598 valence electrons. The molecule has 0 bridgehead atoms. The zero-order chi connectivity index (χ0) is 76.0. The minimum absolute atomic E-state index is 0.0688. The van der Waals surface area contributed by atoms with E-state index in [1.807, 2.05) is 0 Å². The molecule has 104 heavy (non-hydrogen) atoms. The average Bonchev–Trinajstić information content (AvgIpc) is 0.918. The fourth-order valence-electron chi connectivity index (χ4n) is 10.7. The van der Waals surface area contributed by atoms with E-state index in [-0.39, 0.29) is 25.7 Å². The number of allylic oxidation sites excluding steroid dienone is 20. The topological polar surface area (TPSA) is 237 Å². The van der Waals surface area contributed by atoms with E-state index in [1.165, 1.54) is 77.0 Å². The van der Waals surface area contributed by atoms with Crippen molar-refractivity contribution in [1.82, 2.24) is 0 Å². The summed E-state index contributed by atoms with van der Waals surface area (Å²) in [6.07, 6.45) is 84.5. The van der Waals surface area contributed by atoms with E-state index in [0.29, 0.717) is 25.7 Å². The highest BCUT2D eigenvalue weighted by atomic mass is 31.2. The molecule has 0 fully saturated rings. The largest absolute Gasteiger partial charge is 0.472 e. The zero-order valence-corrected chi connectivity index (χ0v) is 67.2. The maximum Gasteiger partial charge on any atom is 0.472 e. The van der Waals surface area contributed by atoms with Crippen molar-refractivity contribution in [1.29, 1.82) is 0 Å². The Labute approximate surface area is 632 Å². The van der Waals surface area contributed by atoms with Gasteiger partial charge in [-0.25, -0.2) is 9.13 Å². The van der Waals surface area contributed by atoms with Gasteiger partial charge in [0, 0.05) is 25.7 Å². The third kappa shape index (κ3) is 75.7. The van der Waals surface area contributed by atoms with Crippen molar-refractivity contribution in [3.8, 4) is 0 Å². The zero-order valence-electron chi connectivity index (χ0n) is 65.4. The number of rotatable bonds is 76. The highest BCUT2D eigenvalue weighted by molar-refractivity contribution is 7.47. The third-order valence-corrected chi connectivity index (χ3v) is 18.8. The second-order valence-electron chi connectivity index (χ2n) is 27.0. The molecule has 0 aliphatic rings. The van der Waals surface area contributed by atoms with E-state index in [0.717, 1.165) is 180 Å². The van der Waals surface area contributed by atoms with Crippen LogP contribution in [-0.4, -0.2) is 96.7 Å². The Kier molecular flexibility index (Phi) is 73.3. The Bertz CT molecular complexity index is 2440. The number of esters is 4. The van der Waals surface area contributed by atoms with Gasteiger partial charge >= 0.3 is 39.5 Å². The summed E-state index contributed by atoms with van der Waals surface area (Å²) < 4.78 is 68.6. The molecule has 0 radical (unpaired) electrons. The summed E-state index contributed by atoms with van der Waals surface area (Å²) in [5, 5.41) is 10.6. The molecular formula is C85H146O17P2. The summed E-state index contributed by atoms with van der Waals surface area (Å²) in [4.78, 5) is 73.1. The lowest BCUT2D eigenvalue weighted by molar-refractivity contribution is -0.161. The molecular weight excluding hydrogens is 1350 g/mol. The van der Waals surface area contributed by atoms with Crippen LogP contribution in [0, 0.1) is 0 Å². The van der Waals surface area contributed by atoms with Crippen molar-refractivity contribution in [3.63, 3.8) is 0 Å². The first kappa shape index (κ1) is 99.5. The minimum Gasteiger partial charge on any atom is -0.462 e. The van der Waals surface area contributed by atoms with E-state index < -0.39 is 97.5 Å². The molecule has 5 unspecified atom stereocenters. The molecule has 0 aliphatic carbocycles. The van der Waals surface area contributed by atoms with Crippen LogP contribution in [0.15, 0.2) is 122 Å². The summed E-state index contributed by atoms with van der Waals surface area (Å²) in [6, 6.07) is 0. The Morgan fingerprint density at radius 1 is 0.279 bits per heavy atom. The van der Waals surface area contributed by atoms with Crippen molar-refractivity contribution >= 4 is 39.5 Å². The van der Waals surface area contributed by atoms with Crippen molar-refractivity contribution < 1.29 is 80.2 Å². The van der Waals surface area contributed by atoms with Crippen LogP contribution in [0.25, 0.3) is 0 Å². The van der Waals surface area contributed by atoms with E-state index >= 15 is 0 Å². The molecule has 0 aromatic rings. The summed E-state index contributed by atoms with van der Waals surface area (Å²) in [7, 11) is -9.98. The van der Waals surface area contributed by atoms with Gasteiger partial charge in [-0.3, -0.25) is 37.3 Å². The van der Waals surface area contributed by atoms with Crippen molar-refractivity contribution in [3.05, 3.63) is 122 Å². The number of ether oxygens (including phenoxy) is 4. The predicted molar refractivity (Wildman–Crippen MR) is 427 cm³/mol. The third-order valence-electron chi connectivity index (χ3n) is 16.9. The monoisotopic (exact) mass is 1500 g/mol. The van der Waals surface area contributed by atoms with Gasteiger partial charge in [0.05, 0.1) is 26.4 Å². The number of aliphatic hydroxyl groups excluding tert-OH is 1. The van der Waals surface area contributed by atoms with E-state index in [2.05, 4.69) is 149 Å². The molecule has 0 spiro atoms. The second-order valence-corrected chi connectivity index (χ2v) is 29.9. The molecule has 3 N–H and O–H groups in total.